The predicted molar refractivity (Wildman–Crippen MR) is 147 cm³/mol. The highest BCUT2D eigenvalue weighted by molar-refractivity contribution is 6.38. The van der Waals surface area contributed by atoms with E-state index in [9.17, 15) is 9.59 Å². The third-order valence-corrected chi connectivity index (χ3v) is 6.55. The molecule has 0 spiro atoms. The van der Waals surface area contributed by atoms with Gasteiger partial charge in [-0.05, 0) is 23.3 Å². The number of halogens is 2. The summed E-state index contributed by atoms with van der Waals surface area (Å²) in [4.78, 5) is 35.2. The van der Waals surface area contributed by atoms with Crippen molar-refractivity contribution in [1.29, 1.82) is 0 Å². The van der Waals surface area contributed by atoms with Crippen molar-refractivity contribution in [2.75, 3.05) is 38.6 Å². The van der Waals surface area contributed by atoms with Crippen LogP contribution in [0.1, 0.15) is 22.4 Å². The number of ether oxygens (including phenoxy) is 3. The molecule has 0 bridgehead atoms. The molecule has 3 rings (SSSR count). The molecule has 0 atom stereocenters. The summed E-state index contributed by atoms with van der Waals surface area (Å²) in [6, 6.07) is 8.91. The molecule has 9 nitrogen and oxygen atoms in total. The van der Waals surface area contributed by atoms with Crippen molar-refractivity contribution >= 4 is 46.5 Å². The Bertz CT molecular complexity index is 1320. The molecule has 1 N–H and O–H groups in total. The van der Waals surface area contributed by atoms with Crippen molar-refractivity contribution in [3.63, 3.8) is 0 Å². The van der Waals surface area contributed by atoms with Gasteiger partial charge in [0.15, 0.2) is 0 Å². The van der Waals surface area contributed by atoms with Crippen LogP contribution < -0.4 is 19.7 Å². The van der Waals surface area contributed by atoms with E-state index < -0.39 is 0 Å². The number of methoxy groups -OCH3 is 3. The Kier molecular flexibility index (Phi) is 10.1. The van der Waals surface area contributed by atoms with Crippen LogP contribution in [0.25, 0.3) is 0 Å². The lowest BCUT2D eigenvalue weighted by Gasteiger charge is -2.19. The Balaban J connectivity index is 1.85. The minimum atomic E-state index is -0.332. The summed E-state index contributed by atoms with van der Waals surface area (Å²) in [5.41, 5.74) is 3.36. The second-order valence-electron chi connectivity index (χ2n) is 8.18. The van der Waals surface area contributed by atoms with Gasteiger partial charge in [-0.2, -0.15) is 0 Å². The first kappa shape index (κ1) is 28.9. The van der Waals surface area contributed by atoms with Gasteiger partial charge in [0.25, 0.3) is 0 Å². The lowest BCUT2D eigenvalue weighted by molar-refractivity contribution is -0.117. The fourth-order valence-corrected chi connectivity index (χ4v) is 4.32. The first-order valence-corrected chi connectivity index (χ1v) is 12.2. The third-order valence-electron chi connectivity index (χ3n) is 5.72. The highest BCUT2D eigenvalue weighted by Gasteiger charge is 2.22. The Morgan fingerprint density at radius 1 is 1.05 bits per heavy atom. The molecule has 2 aromatic carbocycles. The molecule has 0 aliphatic carbocycles. The van der Waals surface area contributed by atoms with Crippen molar-refractivity contribution in [3.8, 4) is 11.5 Å². The van der Waals surface area contributed by atoms with E-state index in [0.717, 1.165) is 11.1 Å². The molecule has 0 fully saturated rings. The van der Waals surface area contributed by atoms with Crippen LogP contribution in [0.15, 0.2) is 49.3 Å². The van der Waals surface area contributed by atoms with Crippen molar-refractivity contribution in [1.82, 2.24) is 9.97 Å². The Morgan fingerprint density at radius 3 is 2.34 bits per heavy atom. The minimum absolute atomic E-state index is 0.111. The van der Waals surface area contributed by atoms with Gasteiger partial charge in [-0.25, -0.2) is 9.97 Å². The third kappa shape index (κ3) is 6.80. The van der Waals surface area contributed by atoms with Crippen LogP contribution in [0.5, 0.6) is 11.5 Å². The van der Waals surface area contributed by atoms with E-state index in [1.807, 2.05) is 18.2 Å². The van der Waals surface area contributed by atoms with E-state index in [-0.39, 0.29) is 28.3 Å². The first-order valence-electron chi connectivity index (χ1n) is 11.4. The van der Waals surface area contributed by atoms with Crippen molar-refractivity contribution in [3.05, 3.63) is 81.7 Å². The standard InChI is InChI=1S/C27H28Cl2N4O5/c1-6-24(34)32-20-9-16(14-36-3)7-8-17(20)10-18-11-23(31-15-30-18)33(2)25(35)12-19-26(28)21(37-4)13-22(38-5)27(19)29/h6-9,11,13,15H,1,10,12,14H2,2-5H3,(H,32,34). The van der Waals surface area contributed by atoms with Gasteiger partial charge in [0, 0.05) is 44.0 Å². The van der Waals surface area contributed by atoms with Crippen LogP contribution in [0.2, 0.25) is 10.0 Å². The van der Waals surface area contributed by atoms with Crippen LogP contribution in [-0.2, 0) is 33.8 Å². The minimum Gasteiger partial charge on any atom is -0.495 e. The lowest BCUT2D eigenvalue weighted by Crippen LogP contribution is -2.29. The molecule has 11 heteroatoms. The SMILES string of the molecule is C=CC(=O)Nc1cc(COC)ccc1Cc1cc(N(C)C(=O)Cc2c(Cl)c(OC)cc(OC)c2Cl)ncn1. The monoisotopic (exact) mass is 558 g/mol. The molecule has 0 aliphatic rings. The number of likely N-dealkylation sites (N-methyl/N-ethyl adjacent to an activating group) is 1. The average molecular weight is 559 g/mol. The molecule has 1 aromatic heterocycles. The van der Waals surface area contributed by atoms with E-state index in [1.54, 1.807) is 26.3 Å². The number of anilines is 2. The maximum Gasteiger partial charge on any atom is 0.247 e. The van der Waals surface area contributed by atoms with Gasteiger partial charge < -0.3 is 19.5 Å². The van der Waals surface area contributed by atoms with E-state index in [2.05, 4.69) is 21.9 Å². The maximum atomic E-state index is 13.2. The number of aromatic nitrogens is 2. The number of benzene rings is 2. The van der Waals surface area contributed by atoms with Gasteiger partial charge in [-0.15, -0.1) is 0 Å². The van der Waals surface area contributed by atoms with Crippen molar-refractivity contribution < 1.29 is 23.8 Å². The molecule has 200 valence electrons. The summed E-state index contributed by atoms with van der Waals surface area (Å²) in [6.45, 7) is 3.91. The maximum absolute atomic E-state index is 13.2. The molecule has 0 saturated carbocycles. The van der Waals surface area contributed by atoms with Gasteiger partial charge in [-0.3, -0.25) is 14.5 Å². The number of nitrogens with one attached hydrogen (secondary N) is 1. The second-order valence-corrected chi connectivity index (χ2v) is 8.94. The average Bonchev–Trinajstić information content (AvgIpc) is 2.92. The molecule has 0 radical (unpaired) electrons. The molecule has 0 aliphatic heterocycles. The number of amides is 2. The zero-order valence-electron chi connectivity index (χ0n) is 21.5. The van der Waals surface area contributed by atoms with Gasteiger partial charge in [0.2, 0.25) is 11.8 Å². The summed E-state index contributed by atoms with van der Waals surface area (Å²) >= 11 is 12.9. The molecule has 0 unspecified atom stereocenters. The number of hydrogen-bond acceptors (Lipinski definition) is 7. The zero-order chi connectivity index (χ0) is 27.8. The van der Waals surface area contributed by atoms with Gasteiger partial charge in [-0.1, -0.05) is 41.9 Å². The first-order chi connectivity index (χ1) is 18.2. The Labute approximate surface area is 231 Å². The summed E-state index contributed by atoms with van der Waals surface area (Å²) in [6.07, 6.45) is 2.85. The van der Waals surface area contributed by atoms with E-state index in [4.69, 9.17) is 37.4 Å². The topological polar surface area (TPSA) is 103 Å². The number of carbonyl (C=O) groups excluding carboxylic acids is 2. The summed E-state index contributed by atoms with van der Waals surface area (Å²) < 4.78 is 15.8. The van der Waals surface area contributed by atoms with Crippen molar-refractivity contribution in [2.24, 2.45) is 0 Å². The van der Waals surface area contributed by atoms with Crippen LogP contribution in [0, 0.1) is 0 Å². The van der Waals surface area contributed by atoms with Crippen LogP contribution >= 0.6 is 23.2 Å². The second kappa shape index (κ2) is 13.2. The zero-order valence-corrected chi connectivity index (χ0v) is 23.0. The van der Waals surface area contributed by atoms with E-state index >= 15 is 0 Å². The van der Waals surface area contributed by atoms with Crippen LogP contribution in [0.4, 0.5) is 11.5 Å². The molecule has 2 amide bonds. The lowest BCUT2D eigenvalue weighted by atomic mass is 10.0. The molecular weight excluding hydrogens is 531 g/mol. The molecule has 1 heterocycles. The predicted octanol–water partition coefficient (Wildman–Crippen LogP) is 4.87. The number of rotatable bonds is 11. The van der Waals surface area contributed by atoms with Crippen LogP contribution in [-0.4, -0.2) is 50.2 Å². The Morgan fingerprint density at radius 2 is 1.74 bits per heavy atom. The normalized spacial score (nSPS) is 10.6. The van der Waals surface area contributed by atoms with E-state index in [1.165, 1.54) is 31.5 Å². The van der Waals surface area contributed by atoms with Gasteiger partial charge >= 0.3 is 0 Å². The van der Waals surface area contributed by atoms with Crippen LogP contribution in [0.3, 0.4) is 0 Å². The number of carbonyl (C=O) groups is 2. The highest BCUT2D eigenvalue weighted by Crippen LogP contribution is 2.40. The van der Waals surface area contributed by atoms with Gasteiger partial charge in [0.1, 0.15) is 23.6 Å². The fourth-order valence-electron chi connectivity index (χ4n) is 3.68. The fraction of sp³-hybridized carbons (Fsp3) is 0.259. The summed E-state index contributed by atoms with van der Waals surface area (Å²) in [5, 5.41) is 3.29. The largest absolute Gasteiger partial charge is 0.495 e. The van der Waals surface area contributed by atoms with E-state index in [0.29, 0.717) is 47.3 Å². The smallest absolute Gasteiger partial charge is 0.247 e. The summed E-state index contributed by atoms with van der Waals surface area (Å²) in [7, 11) is 6.13. The molecule has 0 saturated heterocycles. The molecule has 3 aromatic rings. The van der Waals surface area contributed by atoms with Crippen molar-refractivity contribution in [2.45, 2.75) is 19.4 Å². The quantitative estimate of drug-likeness (QED) is 0.335. The summed E-state index contributed by atoms with van der Waals surface area (Å²) in [5.74, 6) is 0.435. The Hall–Kier alpha value is -3.66. The highest BCUT2D eigenvalue weighted by atomic mass is 35.5. The molecular formula is C27H28Cl2N4O5. The molecule has 38 heavy (non-hydrogen) atoms. The number of nitrogens with zero attached hydrogens (tertiary/aromatic N) is 3. The van der Waals surface area contributed by atoms with Gasteiger partial charge in [0.05, 0.1) is 43.0 Å². The number of hydrogen-bond donors (Lipinski definition) is 1.